The zero-order valence-electron chi connectivity index (χ0n) is 15.2. The third-order valence-corrected chi connectivity index (χ3v) is 4.90. The van der Waals surface area contributed by atoms with Crippen molar-refractivity contribution in [3.05, 3.63) is 58.1 Å². The SMILES string of the molecule is CCOc1cc(Br)cc(/C=N/NC(=O)[C@H]2C(=O)NC[C@H]2c2ccccc2)c1O. The third kappa shape index (κ3) is 4.33. The Labute approximate surface area is 170 Å². The van der Waals surface area contributed by atoms with Crippen LogP contribution < -0.4 is 15.5 Å². The number of benzene rings is 2. The average Bonchev–Trinajstić information content (AvgIpc) is 3.07. The normalized spacial score (nSPS) is 18.9. The summed E-state index contributed by atoms with van der Waals surface area (Å²) in [6, 6.07) is 12.7. The third-order valence-electron chi connectivity index (χ3n) is 4.44. The minimum atomic E-state index is -0.866. The van der Waals surface area contributed by atoms with E-state index >= 15 is 0 Å². The van der Waals surface area contributed by atoms with Gasteiger partial charge < -0.3 is 15.2 Å². The van der Waals surface area contributed by atoms with Crippen LogP contribution in [0.2, 0.25) is 0 Å². The molecular weight excluding hydrogens is 426 g/mol. The molecule has 1 heterocycles. The predicted octanol–water partition coefficient (Wildman–Crippen LogP) is 2.53. The van der Waals surface area contributed by atoms with Gasteiger partial charge in [0.15, 0.2) is 11.5 Å². The molecule has 2 aromatic rings. The van der Waals surface area contributed by atoms with Crippen LogP contribution in [0.3, 0.4) is 0 Å². The molecule has 1 aliphatic rings. The summed E-state index contributed by atoms with van der Waals surface area (Å²) in [7, 11) is 0. The first-order valence-corrected chi connectivity index (χ1v) is 9.61. The first-order chi connectivity index (χ1) is 13.5. The van der Waals surface area contributed by atoms with E-state index in [0.717, 1.165) is 5.56 Å². The fourth-order valence-electron chi connectivity index (χ4n) is 3.13. The van der Waals surface area contributed by atoms with Crippen LogP contribution in [0.15, 0.2) is 52.0 Å². The lowest BCUT2D eigenvalue weighted by molar-refractivity contribution is -0.133. The van der Waals surface area contributed by atoms with E-state index in [9.17, 15) is 14.7 Å². The molecule has 3 N–H and O–H groups in total. The number of hydrogen-bond donors (Lipinski definition) is 3. The smallest absolute Gasteiger partial charge is 0.253 e. The van der Waals surface area contributed by atoms with Gasteiger partial charge in [0.1, 0.15) is 5.92 Å². The Morgan fingerprint density at radius 2 is 2.14 bits per heavy atom. The zero-order valence-corrected chi connectivity index (χ0v) is 16.8. The number of hydrazone groups is 1. The quantitative estimate of drug-likeness (QED) is 0.361. The van der Waals surface area contributed by atoms with Gasteiger partial charge in [-0.2, -0.15) is 5.10 Å². The highest BCUT2D eigenvalue weighted by atomic mass is 79.9. The molecule has 0 spiro atoms. The maximum atomic E-state index is 12.6. The van der Waals surface area contributed by atoms with Gasteiger partial charge in [0.2, 0.25) is 5.91 Å². The van der Waals surface area contributed by atoms with E-state index in [1.165, 1.54) is 6.21 Å². The van der Waals surface area contributed by atoms with Gasteiger partial charge in [-0.15, -0.1) is 0 Å². The van der Waals surface area contributed by atoms with E-state index in [2.05, 4.69) is 31.8 Å². The molecule has 0 radical (unpaired) electrons. The van der Waals surface area contributed by atoms with Crippen molar-refractivity contribution in [1.82, 2.24) is 10.7 Å². The van der Waals surface area contributed by atoms with E-state index < -0.39 is 11.8 Å². The highest BCUT2D eigenvalue weighted by Crippen LogP contribution is 2.33. The van der Waals surface area contributed by atoms with Crippen LogP contribution in [0.25, 0.3) is 0 Å². The second-order valence-electron chi connectivity index (χ2n) is 6.25. The number of halogens is 1. The molecule has 0 bridgehead atoms. The fraction of sp³-hybridized carbons (Fsp3) is 0.250. The minimum Gasteiger partial charge on any atom is -0.504 e. The van der Waals surface area contributed by atoms with Crippen LogP contribution in [0.4, 0.5) is 0 Å². The zero-order chi connectivity index (χ0) is 20.1. The number of nitrogens with zero attached hydrogens (tertiary/aromatic N) is 1. The lowest BCUT2D eigenvalue weighted by Crippen LogP contribution is -2.34. The standard InChI is InChI=1S/C20H20BrN3O4/c1-2-28-16-9-14(21)8-13(18(16)25)10-23-24-20(27)17-15(11-22-19(17)26)12-6-4-3-5-7-12/h3-10,15,17,25H,2,11H2,1H3,(H,22,26)(H,24,27)/b23-10+/t15-,17+/m0/s1. The second-order valence-corrected chi connectivity index (χ2v) is 7.16. The van der Waals surface area contributed by atoms with Crippen molar-refractivity contribution in [2.45, 2.75) is 12.8 Å². The molecule has 2 amide bonds. The van der Waals surface area contributed by atoms with Gasteiger partial charge in [0, 0.05) is 22.5 Å². The number of carbonyl (C=O) groups is 2. The topological polar surface area (TPSA) is 100 Å². The van der Waals surface area contributed by atoms with Crippen LogP contribution in [-0.4, -0.2) is 36.3 Å². The van der Waals surface area contributed by atoms with Gasteiger partial charge in [-0.1, -0.05) is 46.3 Å². The Kier molecular flexibility index (Phi) is 6.30. The molecule has 1 saturated heterocycles. The van der Waals surface area contributed by atoms with Crippen LogP contribution in [0, 0.1) is 5.92 Å². The predicted molar refractivity (Wildman–Crippen MR) is 108 cm³/mol. The van der Waals surface area contributed by atoms with Crippen molar-refractivity contribution in [2.75, 3.05) is 13.2 Å². The van der Waals surface area contributed by atoms with E-state index in [1.54, 1.807) is 12.1 Å². The highest BCUT2D eigenvalue weighted by Gasteiger charge is 2.40. The van der Waals surface area contributed by atoms with Gasteiger partial charge in [0.05, 0.1) is 12.8 Å². The molecule has 1 fully saturated rings. The summed E-state index contributed by atoms with van der Waals surface area (Å²) < 4.78 is 6.06. The molecule has 0 saturated carbocycles. The summed E-state index contributed by atoms with van der Waals surface area (Å²) >= 11 is 3.34. The molecule has 0 aromatic heterocycles. The molecule has 146 valence electrons. The number of amides is 2. The van der Waals surface area contributed by atoms with Gasteiger partial charge in [-0.3, -0.25) is 9.59 Å². The number of rotatable bonds is 6. The van der Waals surface area contributed by atoms with Crippen molar-refractivity contribution in [3.8, 4) is 11.5 Å². The number of hydrogen-bond acceptors (Lipinski definition) is 5. The van der Waals surface area contributed by atoms with E-state index in [1.807, 2.05) is 37.3 Å². The molecule has 28 heavy (non-hydrogen) atoms. The molecular formula is C20H20BrN3O4. The minimum absolute atomic E-state index is 0.0798. The molecule has 2 aromatic carbocycles. The maximum absolute atomic E-state index is 12.6. The summed E-state index contributed by atoms with van der Waals surface area (Å²) in [5.41, 5.74) is 3.69. The van der Waals surface area contributed by atoms with E-state index in [0.29, 0.717) is 28.9 Å². The summed E-state index contributed by atoms with van der Waals surface area (Å²) in [4.78, 5) is 24.7. The fourth-order valence-corrected chi connectivity index (χ4v) is 3.58. The summed E-state index contributed by atoms with van der Waals surface area (Å²) in [6.45, 7) is 2.61. The van der Waals surface area contributed by atoms with Crippen molar-refractivity contribution in [3.63, 3.8) is 0 Å². The first kappa shape index (κ1) is 19.9. The summed E-state index contributed by atoms with van der Waals surface area (Å²) in [5.74, 6) is -1.72. The number of phenolic OH excluding ortho intramolecular Hbond substituents is 1. The Balaban J connectivity index is 1.73. The van der Waals surface area contributed by atoms with Gasteiger partial charge in [-0.05, 0) is 24.6 Å². The number of carbonyl (C=O) groups excluding carboxylic acids is 2. The average molecular weight is 446 g/mol. The van der Waals surface area contributed by atoms with Crippen molar-refractivity contribution in [2.24, 2.45) is 11.0 Å². The van der Waals surface area contributed by atoms with Crippen molar-refractivity contribution < 1.29 is 19.4 Å². The lowest BCUT2D eigenvalue weighted by Gasteiger charge is -2.15. The Morgan fingerprint density at radius 3 is 2.86 bits per heavy atom. The number of aromatic hydroxyl groups is 1. The van der Waals surface area contributed by atoms with Gasteiger partial charge in [-0.25, -0.2) is 5.43 Å². The highest BCUT2D eigenvalue weighted by molar-refractivity contribution is 9.10. The van der Waals surface area contributed by atoms with E-state index in [4.69, 9.17) is 4.74 Å². The molecule has 2 atom stereocenters. The molecule has 8 heteroatoms. The van der Waals surface area contributed by atoms with Crippen molar-refractivity contribution >= 4 is 34.0 Å². The largest absolute Gasteiger partial charge is 0.504 e. The summed E-state index contributed by atoms with van der Waals surface area (Å²) in [6.07, 6.45) is 1.31. The molecule has 1 aliphatic heterocycles. The van der Waals surface area contributed by atoms with Gasteiger partial charge in [0.25, 0.3) is 5.91 Å². The number of nitrogens with one attached hydrogen (secondary N) is 2. The van der Waals surface area contributed by atoms with Gasteiger partial charge >= 0.3 is 0 Å². The van der Waals surface area contributed by atoms with E-state index in [-0.39, 0.29) is 17.6 Å². The number of phenols is 1. The molecule has 0 aliphatic carbocycles. The monoisotopic (exact) mass is 445 g/mol. The second kappa shape index (κ2) is 8.88. The molecule has 3 rings (SSSR count). The van der Waals surface area contributed by atoms with Crippen molar-refractivity contribution in [1.29, 1.82) is 0 Å². The van der Waals surface area contributed by atoms with Crippen LogP contribution in [-0.2, 0) is 9.59 Å². The Bertz CT molecular complexity index is 902. The first-order valence-electron chi connectivity index (χ1n) is 8.82. The maximum Gasteiger partial charge on any atom is 0.253 e. The number of ether oxygens (including phenoxy) is 1. The van der Waals surface area contributed by atoms with Crippen LogP contribution in [0.5, 0.6) is 11.5 Å². The Morgan fingerprint density at radius 1 is 1.39 bits per heavy atom. The van der Waals surface area contributed by atoms with Crippen LogP contribution >= 0.6 is 15.9 Å². The Hall–Kier alpha value is -2.87. The molecule has 7 nitrogen and oxygen atoms in total. The summed E-state index contributed by atoms with van der Waals surface area (Å²) in [5, 5.41) is 16.9. The lowest BCUT2D eigenvalue weighted by atomic mass is 9.88. The van der Waals surface area contributed by atoms with Crippen LogP contribution in [0.1, 0.15) is 24.0 Å². The molecule has 0 unspecified atom stereocenters.